The van der Waals surface area contributed by atoms with Gasteiger partial charge in [-0.25, -0.2) is 8.42 Å². The van der Waals surface area contributed by atoms with Crippen molar-refractivity contribution >= 4 is 16.0 Å². The second-order valence-electron chi connectivity index (χ2n) is 1.69. The Morgan fingerprint density at radius 1 is 1.67 bits per heavy atom. The molecule has 0 aromatic carbocycles. The first-order valence-electron chi connectivity index (χ1n) is 2.40. The third kappa shape index (κ3) is 1.56. The van der Waals surface area contributed by atoms with Crippen molar-refractivity contribution < 1.29 is 8.42 Å². The Morgan fingerprint density at radius 3 is 2.67 bits per heavy atom. The summed E-state index contributed by atoms with van der Waals surface area (Å²) in [5.74, 6) is 0.0227. The molecule has 0 bridgehead atoms. The van der Waals surface area contributed by atoms with Crippen LogP contribution in [-0.2, 0) is 10.0 Å². The number of hydrogen-bond donors (Lipinski definition) is 2. The van der Waals surface area contributed by atoms with Crippen LogP contribution in [0.25, 0.3) is 0 Å². The number of guanidine groups is 1. The van der Waals surface area contributed by atoms with E-state index in [1.54, 1.807) is 0 Å². The summed E-state index contributed by atoms with van der Waals surface area (Å²) in [5, 5.41) is 0. The molecule has 1 rings (SSSR count). The van der Waals surface area contributed by atoms with E-state index < -0.39 is 10.0 Å². The monoisotopic (exact) mass is 149 g/mol. The molecule has 0 unspecified atom stereocenters. The van der Waals surface area contributed by atoms with Crippen molar-refractivity contribution in [3.8, 4) is 0 Å². The molecule has 0 aromatic rings. The van der Waals surface area contributed by atoms with Gasteiger partial charge in [0.15, 0.2) is 0 Å². The fraction of sp³-hybridized carbons (Fsp3) is 0.667. The van der Waals surface area contributed by atoms with Crippen LogP contribution in [0.3, 0.4) is 0 Å². The van der Waals surface area contributed by atoms with Gasteiger partial charge in [0.05, 0.1) is 12.3 Å². The molecule has 0 atom stereocenters. The highest BCUT2D eigenvalue weighted by atomic mass is 32.2. The summed E-state index contributed by atoms with van der Waals surface area (Å²) in [5.41, 5.74) is 5.07. The van der Waals surface area contributed by atoms with Gasteiger partial charge in [0.2, 0.25) is 16.0 Å². The number of nitrogens with zero attached hydrogens (tertiary/aromatic N) is 1. The smallest absolute Gasteiger partial charge is 0.236 e. The molecule has 0 radical (unpaired) electrons. The van der Waals surface area contributed by atoms with Crippen LogP contribution in [0.4, 0.5) is 0 Å². The van der Waals surface area contributed by atoms with Gasteiger partial charge in [-0.1, -0.05) is 0 Å². The molecule has 0 aromatic heterocycles. The van der Waals surface area contributed by atoms with Gasteiger partial charge in [0, 0.05) is 0 Å². The minimum Gasteiger partial charge on any atom is -0.369 e. The van der Waals surface area contributed by atoms with Crippen molar-refractivity contribution in [1.29, 1.82) is 0 Å². The van der Waals surface area contributed by atoms with Crippen LogP contribution in [0.15, 0.2) is 4.99 Å². The Hall–Kier alpha value is -0.780. The van der Waals surface area contributed by atoms with Crippen molar-refractivity contribution in [3.05, 3.63) is 0 Å². The molecule has 5 nitrogen and oxygen atoms in total. The summed E-state index contributed by atoms with van der Waals surface area (Å²) in [6.07, 6.45) is 0. The quantitative estimate of drug-likeness (QED) is 0.427. The molecular weight excluding hydrogens is 142 g/mol. The Balaban J connectivity index is 2.83. The average Bonchev–Trinajstić information content (AvgIpc) is 1.60. The van der Waals surface area contributed by atoms with Crippen molar-refractivity contribution in [3.63, 3.8) is 0 Å². The van der Waals surface area contributed by atoms with Gasteiger partial charge < -0.3 is 5.73 Å². The zero-order chi connectivity index (χ0) is 6.91. The molecule has 0 amide bonds. The van der Waals surface area contributed by atoms with E-state index in [1.807, 2.05) is 0 Å². The van der Waals surface area contributed by atoms with E-state index in [9.17, 15) is 8.42 Å². The molecule has 1 aliphatic heterocycles. The summed E-state index contributed by atoms with van der Waals surface area (Å²) in [4.78, 5) is 3.63. The Bertz CT molecular complexity index is 229. The molecule has 0 spiro atoms. The molecule has 1 aliphatic rings. The first kappa shape index (κ1) is 6.34. The molecule has 6 heteroatoms. The van der Waals surface area contributed by atoms with Crippen LogP contribution < -0.4 is 10.5 Å². The lowest BCUT2D eigenvalue weighted by Gasteiger charge is -2.09. The van der Waals surface area contributed by atoms with E-state index in [0.29, 0.717) is 0 Å². The fourth-order valence-electron chi connectivity index (χ4n) is 0.529. The largest absolute Gasteiger partial charge is 0.369 e. The van der Waals surface area contributed by atoms with Gasteiger partial charge in [-0.2, -0.15) is 0 Å². The highest BCUT2D eigenvalue weighted by molar-refractivity contribution is 7.90. The molecule has 0 fully saturated rings. The summed E-state index contributed by atoms with van der Waals surface area (Å²) >= 11 is 0. The van der Waals surface area contributed by atoms with Gasteiger partial charge in [-0.15, -0.1) is 0 Å². The van der Waals surface area contributed by atoms with Gasteiger partial charge >= 0.3 is 0 Å². The molecule has 9 heavy (non-hydrogen) atoms. The maximum absolute atomic E-state index is 10.6. The predicted octanol–water partition coefficient (Wildman–Crippen LogP) is -1.77. The first-order chi connectivity index (χ1) is 4.10. The SMILES string of the molecule is NC1=NCCS(=O)(=O)N1. The number of sulfonamides is 1. The van der Waals surface area contributed by atoms with Crippen LogP contribution >= 0.6 is 0 Å². The lowest BCUT2D eigenvalue weighted by atomic mass is 10.8. The Kier molecular flexibility index (Phi) is 1.32. The summed E-state index contributed by atoms with van der Waals surface area (Å²) in [6.45, 7) is 0.265. The minimum atomic E-state index is -3.14. The zero-order valence-corrected chi connectivity index (χ0v) is 5.48. The van der Waals surface area contributed by atoms with Crippen molar-refractivity contribution in [2.24, 2.45) is 10.7 Å². The maximum Gasteiger partial charge on any atom is 0.236 e. The van der Waals surface area contributed by atoms with Gasteiger partial charge in [-0.05, 0) is 0 Å². The van der Waals surface area contributed by atoms with Crippen LogP contribution in [0.1, 0.15) is 0 Å². The molecule has 0 saturated carbocycles. The van der Waals surface area contributed by atoms with E-state index in [-0.39, 0.29) is 18.3 Å². The predicted molar refractivity (Wildman–Crippen MR) is 33.4 cm³/mol. The molecular formula is C3H7N3O2S. The summed E-state index contributed by atoms with van der Waals surface area (Å²) < 4.78 is 23.2. The number of hydrogen-bond acceptors (Lipinski definition) is 4. The molecule has 0 aliphatic carbocycles. The highest BCUT2D eigenvalue weighted by Gasteiger charge is 2.14. The van der Waals surface area contributed by atoms with E-state index in [4.69, 9.17) is 5.73 Å². The average molecular weight is 149 g/mol. The number of rotatable bonds is 0. The van der Waals surface area contributed by atoms with Gasteiger partial charge in [-0.3, -0.25) is 9.71 Å². The lowest BCUT2D eigenvalue weighted by molar-refractivity contribution is 0.590. The van der Waals surface area contributed by atoms with Gasteiger partial charge in [0.25, 0.3) is 0 Å². The molecule has 0 saturated heterocycles. The zero-order valence-electron chi connectivity index (χ0n) is 4.66. The van der Waals surface area contributed by atoms with E-state index >= 15 is 0 Å². The van der Waals surface area contributed by atoms with E-state index in [2.05, 4.69) is 9.71 Å². The number of aliphatic imine (C=N–C) groups is 1. The van der Waals surface area contributed by atoms with E-state index in [1.165, 1.54) is 0 Å². The second-order valence-corrected chi connectivity index (χ2v) is 3.53. The number of nitrogens with two attached hydrogens (primary N) is 1. The van der Waals surface area contributed by atoms with Crippen molar-refractivity contribution in [2.45, 2.75) is 0 Å². The third-order valence-electron chi connectivity index (χ3n) is 0.902. The Morgan fingerprint density at radius 2 is 2.33 bits per heavy atom. The Labute approximate surface area is 53.0 Å². The lowest BCUT2D eigenvalue weighted by Crippen LogP contribution is -2.42. The fourth-order valence-corrected chi connectivity index (χ4v) is 1.35. The summed E-state index contributed by atoms with van der Waals surface area (Å²) in [6, 6.07) is 0. The summed E-state index contributed by atoms with van der Waals surface area (Å²) in [7, 11) is -3.14. The van der Waals surface area contributed by atoms with Crippen LogP contribution in [0.2, 0.25) is 0 Å². The molecule has 1 heterocycles. The van der Waals surface area contributed by atoms with Gasteiger partial charge in [0.1, 0.15) is 0 Å². The van der Waals surface area contributed by atoms with Crippen molar-refractivity contribution in [1.82, 2.24) is 4.72 Å². The second kappa shape index (κ2) is 1.87. The minimum absolute atomic E-state index is 0.0127. The molecule has 3 N–H and O–H groups in total. The van der Waals surface area contributed by atoms with Crippen LogP contribution in [0.5, 0.6) is 0 Å². The first-order valence-corrected chi connectivity index (χ1v) is 4.06. The standard InChI is InChI=1S/C3H7N3O2S/c4-3-5-1-2-9(7,8)6-3/h1-2H2,(H3,4,5,6). The van der Waals surface area contributed by atoms with Crippen molar-refractivity contribution in [2.75, 3.05) is 12.3 Å². The molecule has 52 valence electrons. The maximum atomic E-state index is 10.6. The van der Waals surface area contributed by atoms with Crippen LogP contribution in [0, 0.1) is 0 Å². The topological polar surface area (TPSA) is 84.5 Å². The van der Waals surface area contributed by atoms with E-state index in [0.717, 1.165) is 0 Å². The highest BCUT2D eigenvalue weighted by Crippen LogP contribution is 1.89. The third-order valence-corrected chi connectivity index (χ3v) is 2.14. The van der Waals surface area contributed by atoms with Crippen LogP contribution in [-0.4, -0.2) is 26.7 Å². The number of nitrogens with one attached hydrogen (secondary N) is 1. The normalized spacial score (nSPS) is 24.2.